The summed E-state index contributed by atoms with van der Waals surface area (Å²) in [5.41, 5.74) is -0.142. The lowest BCUT2D eigenvalue weighted by atomic mass is 10.1. The summed E-state index contributed by atoms with van der Waals surface area (Å²) >= 11 is 5.73. The van der Waals surface area contributed by atoms with Crippen LogP contribution in [0.25, 0.3) is 0 Å². The minimum absolute atomic E-state index is 0.00444. The van der Waals surface area contributed by atoms with Crippen LogP contribution in [0.4, 0.5) is 8.78 Å². The summed E-state index contributed by atoms with van der Waals surface area (Å²) in [6, 6.07) is 0. The number of aromatic nitrogens is 1. The van der Waals surface area contributed by atoms with Crippen molar-refractivity contribution in [2.75, 3.05) is 0 Å². The molecule has 1 N–H and O–H groups in total. The fourth-order valence-corrected chi connectivity index (χ4v) is 1.39. The van der Waals surface area contributed by atoms with Crippen LogP contribution in [-0.4, -0.2) is 16.1 Å². The quantitative estimate of drug-likeness (QED) is 0.876. The Morgan fingerprint density at radius 1 is 1.67 bits per heavy atom. The van der Waals surface area contributed by atoms with Crippen molar-refractivity contribution in [2.24, 2.45) is 0 Å². The molecule has 0 amide bonds. The Bertz CT molecular complexity index is 396. The summed E-state index contributed by atoms with van der Waals surface area (Å²) < 4.78 is 25.0. The van der Waals surface area contributed by atoms with Crippen LogP contribution in [-0.2, 0) is 11.2 Å². The Balaban J connectivity index is 3.28. The Kier molecular flexibility index (Phi) is 3.57. The second-order valence-electron chi connectivity index (χ2n) is 2.96. The first-order valence-electron chi connectivity index (χ1n) is 4.07. The molecule has 0 aliphatic rings. The maximum absolute atomic E-state index is 12.5. The van der Waals surface area contributed by atoms with Gasteiger partial charge in [-0.1, -0.05) is 11.6 Å². The molecular formula is C9H8ClF2NO2. The molecule has 0 aliphatic carbocycles. The Labute approximate surface area is 89.7 Å². The van der Waals surface area contributed by atoms with Gasteiger partial charge in [0.25, 0.3) is 6.43 Å². The van der Waals surface area contributed by atoms with Crippen molar-refractivity contribution in [3.8, 4) is 0 Å². The second kappa shape index (κ2) is 4.53. The third kappa shape index (κ3) is 2.62. The Hall–Kier alpha value is -1.23. The minimum atomic E-state index is -2.77. The van der Waals surface area contributed by atoms with Gasteiger partial charge in [0.15, 0.2) is 0 Å². The molecule has 15 heavy (non-hydrogen) atoms. The maximum atomic E-state index is 12.5. The highest BCUT2D eigenvalue weighted by atomic mass is 35.5. The average molecular weight is 236 g/mol. The lowest BCUT2D eigenvalue weighted by molar-refractivity contribution is -0.136. The third-order valence-electron chi connectivity index (χ3n) is 1.89. The van der Waals surface area contributed by atoms with Crippen LogP contribution in [0.5, 0.6) is 0 Å². The van der Waals surface area contributed by atoms with Crippen molar-refractivity contribution in [1.82, 2.24) is 4.98 Å². The minimum Gasteiger partial charge on any atom is -0.481 e. The number of carboxylic acids is 1. The van der Waals surface area contributed by atoms with Crippen molar-refractivity contribution in [1.29, 1.82) is 0 Å². The molecule has 1 heterocycles. The van der Waals surface area contributed by atoms with Gasteiger partial charge in [-0.05, 0) is 12.5 Å². The molecule has 6 heteroatoms. The van der Waals surface area contributed by atoms with E-state index in [1.54, 1.807) is 0 Å². The zero-order valence-corrected chi connectivity index (χ0v) is 8.55. The van der Waals surface area contributed by atoms with Gasteiger partial charge < -0.3 is 5.11 Å². The van der Waals surface area contributed by atoms with E-state index in [2.05, 4.69) is 4.98 Å². The van der Waals surface area contributed by atoms with E-state index in [1.165, 1.54) is 6.92 Å². The van der Waals surface area contributed by atoms with E-state index in [9.17, 15) is 13.6 Å². The predicted octanol–water partition coefficient (Wildman–Crippen LogP) is 2.61. The van der Waals surface area contributed by atoms with E-state index in [0.717, 1.165) is 6.20 Å². The number of nitrogens with zero attached hydrogens (tertiary/aromatic N) is 1. The van der Waals surface area contributed by atoms with Crippen molar-refractivity contribution >= 4 is 17.6 Å². The number of hydrogen-bond acceptors (Lipinski definition) is 2. The lowest BCUT2D eigenvalue weighted by Crippen LogP contribution is -2.06. The molecule has 0 bridgehead atoms. The number of halogens is 3. The van der Waals surface area contributed by atoms with Crippen molar-refractivity contribution in [2.45, 2.75) is 19.8 Å². The van der Waals surface area contributed by atoms with Gasteiger partial charge in [0, 0.05) is 11.8 Å². The fraction of sp³-hybridized carbons (Fsp3) is 0.333. The van der Waals surface area contributed by atoms with Gasteiger partial charge in [-0.2, -0.15) is 0 Å². The summed E-state index contributed by atoms with van der Waals surface area (Å²) in [6.07, 6.45) is -2.34. The maximum Gasteiger partial charge on any atom is 0.307 e. The van der Waals surface area contributed by atoms with Crippen molar-refractivity contribution in [3.05, 3.63) is 28.0 Å². The number of carbonyl (C=O) groups is 1. The van der Waals surface area contributed by atoms with Crippen LogP contribution in [0.3, 0.4) is 0 Å². The molecule has 0 atom stereocenters. The highest BCUT2D eigenvalue weighted by Gasteiger charge is 2.19. The van der Waals surface area contributed by atoms with Gasteiger partial charge in [0.1, 0.15) is 0 Å². The average Bonchev–Trinajstić information content (AvgIpc) is 2.12. The standard InChI is InChI=1S/C9H8ClF2NO2/c1-4-8(10)5(2-7(14)15)6(3-13-4)9(11)12/h3,9H,2H2,1H3,(H,14,15). The largest absolute Gasteiger partial charge is 0.481 e. The normalized spacial score (nSPS) is 10.7. The predicted molar refractivity (Wildman–Crippen MR) is 50.3 cm³/mol. The highest BCUT2D eigenvalue weighted by Crippen LogP contribution is 2.29. The first kappa shape index (κ1) is 11.8. The molecule has 0 spiro atoms. The summed E-state index contributed by atoms with van der Waals surface area (Å²) in [6.45, 7) is 1.53. The topological polar surface area (TPSA) is 50.2 Å². The van der Waals surface area contributed by atoms with E-state index in [-0.39, 0.29) is 10.6 Å². The molecule has 1 aromatic rings. The van der Waals surface area contributed by atoms with E-state index < -0.39 is 24.4 Å². The number of carboxylic acid groups (broad SMARTS) is 1. The second-order valence-corrected chi connectivity index (χ2v) is 3.34. The number of rotatable bonds is 3. The fourth-order valence-electron chi connectivity index (χ4n) is 1.16. The summed E-state index contributed by atoms with van der Waals surface area (Å²) in [5.74, 6) is -1.20. The molecule has 0 aliphatic heterocycles. The van der Waals surface area contributed by atoms with Gasteiger partial charge in [0.2, 0.25) is 0 Å². The molecule has 82 valence electrons. The number of aryl methyl sites for hydroxylation is 1. The molecule has 1 rings (SSSR count). The summed E-state index contributed by atoms with van der Waals surface area (Å²) in [5, 5.41) is 8.56. The Morgan fingerprint density at radius 3 is 2.73 bits per heavy atom. The van der Waals surface area contributed by atoms with Gasteiger partial charge in [0.05, 0.1) is 17.1 Å². The number of alkyl halides is 2. The number of pyridine rings is 1. The zero-order valence-electron chi connectivity index (χ0n) is 7.80. The third-order valence-corrected chi connectivity index (χ3v) is 2.39. The van der Waals surface area contributed by atoms with Crippen LogP contribution >= 0.6 is 11.6 Å². The lowest BCUT2D eigenvalue weighted by Gasteiger charge is -2.10. The molecular weight excluding hydrogens is 228 g/mol. The smallest absolute Gasteiger partial charge is 0.307 e. The zero-order chi connectivity index (χ0) is 11.6. The van der Waals surface area contributed by atoms with Crippen molar-refractivity contribution in [3.63, 3.8) is 0 Å². The SMILES string of the molecule is Cc1ncc(C(F)F)c(CC(=O)O)c1Cl. The van der Waals surface area contributed by atoms with Crippen LogP contribution in [0, 0.1) is 6.92 Å². The first-order valence-corrected chi connectivity index (χ1v) is 4.45. The van der Waals surface area contributed by atoms with E-state index >= 15 is 0 Å². The number of hydrogen-bond donors (Lipinski definition) is 1. The summed E-state index contributed by atoms with van der Waals surface area (Å²) in [7, 11) is 0. The van der Waals surface area contributed by atoms with Gasteiger partial charge in [-0.3, -0.25) is 9.78 Å². The van der Waals surface area contributed by atoms with E-state index in [1.807, 2.05) is 0 Å². The molecule has 1 aromatic heterocycles. The summed E-state index contributed by atoms with van der Waals surface area (Å²) in [4.78, 5) is 14.1. The van der Waals surface area contributed by atoms with Crippen LogP contribution in [0.1, 0.15) is 23.2 Å². The van der Waals surface area contributed by atoms with Gasteiger partial charge >= 0.3 is 5.97 Å². The molecule has 0 unspecified atom stereocenters. The molecule has 0 saturated carbocycles. The molecule has 0 saturated heterocycles. The van der Waals surface area contributed by atoms with Crippen LogP contribution in [0.15, 0.2) is 6.20 Å². The first-order chi connectivity index (χ1) is 6.93. The molecule has 0 radical (unpaired) electrons. The van der Waals surface area contributed by atoms with Crippen molar-refractivity contribution < 1.29 is 18.7 Å². The molecule has 0 fully saturated rings. The van der Waals surface area contributed by atoms with Gasteiger partial charge in [-0.15, -0.1) is 0 Å². The highest BCUT2D eigenvalue weighted by molar-refractivity contribution is 6.32. The molecule has 3 nitrogen and oxygen atoms in total. The number of aliphatic carboxylic acids is 1. The monoisotopic (exact) mass is 235 g/mol. The Morgan fingerprint density at radius 2 is 2.27 bits per heavy atom. The van der Waals surface area contributed by atoms with Crippen LogP contribution in [0.2, 0.25) is 5.02 Å². The van der Waals surface area contributed by atoms with E-state index in [0.29, 0.717) is 5.69 Å². The molecule has 0 aromatic carbocycles. The van der Waals surface area contributed by atoms with E-state index in [4.69, 9.17) is 16.7 Å². The van der Waals surface area contributed by atoms with Crippen LogP contribution < -0.4 is 0 Å². The van der Waals surface area contributed by atoms with Gasteiger partial charge in [-0.25, -0.2) is 8.78 Å².